The third-order valence-electron chi connectivity index (χ3n) is 4.33. The van der Waals surface area contributed by atoms with Crippen LogP contribution in [0.2, 0.25) is 0 Å². The molecule has 0 bridgehead atoms. The van der Waals surface area contributed by atoms with Crippen LogP contribution < -0.4 is 4.74 Å². The summed E-state index contributed by atoms with van der Waals surface area (Å²) in [6.07, 6.45) is 4.22. The van der Waals surface area contributed by atoms with Crippen LogP contribution in [0.4, 0.5) is 4.39 Å². The summed E-state index contributed by atoms with van der Waals surface area (Å²) in [5.74, 6) is 1.12. The number of hydrogen-bond donors (Lipinski definition) is 0. The molecule has 0 unspecified atom stereocenters. The van der Waals surface area contributed by atoms with Gasteiger partial charge in [-0.3, -0.25) is 4.90 Å². The number of rotatable bonds is 4. The summed E-state index contributed by atoms with van der Waals surface area (Å²) in [7, 11) is 3.52. The molecular formula is C17H22FN3O. The molecule has 1 aromatic carbocycles. The lowest BCUT2D eigenvalue weighted by Crippen LogP contribution is -2.25. The molecule has 4 nitrogen and oxygen atoms in total. The second-order valence-corrected chi connectivity index (χ2v) is 5.91. The van der Waals surface area contributed by atoms with Crippen molar-refractivity contribution in [1.29, 1.82) is 0 Å². The van der Waals surface area contributed by atoms with E-state index >= 15 is 0 Å². The minimum absolute atomic E-state index is 0.254. The van der Waals surface area contributed by atoms with Crippen molar-refractivity contribution >= 4 is 0 Å². The Morgan fingerprint density at radius 3 is 2.91 bits per heavy atom. The Hall–Kier alpha value is -1.88. The maximum Gasteiger partial charge on any atom is 0.169 e. The van der Waals surface area contributed by atoms with Gasteiger partial charge < -0.3 is 9.30 Å². The molecule has 2 heterocycles. The molecule has 1 aliphatic heterocycles. The lowest BCUT2D eigenvalue weighted by atomic mass is 10.1. The number of nitrogens with zero attached hydrogens (tertiary/aromatic N) is 3. The van der Waals surface area contributed by atoms with E-state index < -0.39 is 0 Å². The number of benzene rings is 1. The maximum atomic E-state index is 14.4. The number of imidazole rings is 1. The first kappa shape index (κ1) is 15.0. The number of aromatic nitrogens is 2. The van der Waals surface area contributed by atoms with Crippen molar-refractivity contribution in [2.24, 2.45) is 7.05 Å². The average molecular weight is 303 g/mol. The molecule has 1 aliphatic rings. The highest BCUT2D eigenvalue weighted by atomic mass is 19.1. The summed E-state index contributed by atoms with van der Waals surface area (Å²) >= 11 is 0. The Labute approximate surface area is 130 Å². The van der Waals surface area contributed by atoms with Gasteiger partial charge in [0, 0.05) is 25.4 Å². The van der Waals surface area contributed by atoms with Crippen molar-refractivity contribution in [2.75, 3.05) is 13.7 Å². The highest BCUT2D eigenvalue weighted by Crippen LogP contribution is 2.33. The van der Waals surface area contributed by atoms with Gasteiger partial charge in [0.15, 0.2) is 11.6 Å². The smallest absolute Gasteiger partial charge is 0.169 e. The Morgan fingerprint density at radius 2 is 2.23 bits per heavy atom. The van der Waals surface area contributed by atoms with E-state index in [2.05, 4.69) is 14.5 Å². The largest absolute Gasteiger partial charge is 0.494 e. The third-order valence-corrected chi connectivity index (χ3v) is 4.33. The zero-order chi connectivity index (χ0) is 15.7. The molecule has 1 saturated heterocycles. The van der Waals surface area contributed by atoms with Crippen LogP contribution in [-0.4, -0.2) is 28.1 Å². The molecule has 0 N–H and O–H groups in total. The molecule has 1 fully saturated rings. The molecule has 1 aromatic heterocycles. The predicted molar refractivity (Wildman–Crippen MR) is 83.3 cm³/mol. The van der Waals surface area contributed by atoms with Crippen molar-refractivity contribution in [3.8, 4) is 5.75 Å². The Bertz CT molecular complexity index is 668. The first-order valence-electron chi connectivity index (χ1n) is 7.65. The van der Waals surface area contributed by atoms with Gasteiger partial charge in [0.25, 0.3) is 0 Å². The molecule has 0 spiro atoms. The summed E-state index contributed by atoms with van der Waals surface area (Å²) in [5, 5.41) is 0. The summed E-state index contributed by atoms with van der Waals surface area (Å²) < 4.78 is 21.5. The quantitative estimate of drug-likeness (QED) is 0.869. The number of ether oxygens (including phenoxy) is 1. The van der Waals surface area contributed by atoms with Gasteiger partial charge in [-0.15, -0.1) is 0 Å². The van der Waals surface area contributed by atoms with Gasteiger partial charge in [-0.2, -0.15) is 0 Å². The molecule has 0 radical (unpaired) electrons. The van der Waals surface area contributed by atoms with Crippen LogP contribution >= 0.6 is 0 Å². The van der Waals surface area contributed by atoms with E-state index in [1.54, 1.807) is 6.07 Å². The normalized spacial score (nSPS) is 18.8. The van der Waals surface area contributed by atoms with E-state index in [0.717, 1.165) is 30.9 Å². The van der Waals surface area contributed by atoms with Gasteiger partial charge >= 0.3 is 0 Å². The summed E-state index contributed by atoms with van der Waals surface area (Å²) in [5.41, 5.74) is 1.70. The number of hydrogen-bond acceptors (Lipinski definition) is 3. The van der Waals surface area contributed by atoms with E-state index in [1.807, 2.05) is 32.3 Å². The molecule has 118 valence electrons. The van der Waals surface area contributed by atoms with Crippen LogP contribution in [0.1, 0.15) is 36.0 Å². The van der Waals surface area contributed by atoms with E-state index in [9.17, 15) is 4.39 Å². The van der Waals surface area contributed by atoms with Crippen LogP contribution in [-0.2, 0) is 13.6 Å². The molecule has 3 rings (SSSR count). The first-order valence-corrected chi connectivity index (χ1v) is 7.65. The summed E-state index contributed by atoms with van der Waals surface area (Å²) in [6.45, 7) is 3.55. The molecule has 22 heavy (non-hydrogen) atoms. The van der Waals surface area contributed by atoms with Crippen molar-refractivity contribution in [1.82, 2.24) is 14.5 Å². The Balaban J connectivity index is 1.84. The van der Waals surface area contributed by atoms with Crippen molar-refractivity contribution < 1.29 is 9.13 Å². The number of aryl methyl sites for hydroxylation is 2. The minimum Gasteiger partial charge on any atom is -0.494 e. The van der Waals surface area contributed by atoms with Crippen molar-refractivity contribution in [2.45, 2.75) is 32.4 Å². The van der Waals surface area contributed by atoms with E-state index in [-0.39, 0.29) is 11.9 Å². The number of likely N-dealkylation sites (tertiary alicyclic amines) is 1. The van der Waals surface area contributed by atoms with Crippen LogP contribution in [0.15, 0.2) is 24.4 Å². The highest BCUT2D eigenvalue weighted by Gasteiger charge is 2.30. The number of halogens is 1. The zero-order valence-electron chi connectivity index (χ0n) is 13.3. The summed E-state index contributed by atoms with van der Waals surface area (Å²) in [4.78, 5) is 6.95. The van der Waals surface area contributed by atoms with Gasteiger partial charge in [-0.05, 0) is 32.4 Å². The van der Waals surface area contributed by atoms with Crippen LogP contribution in [0.5, 0.6) is 5.75 Å². The Morgan fingerprint density at radius 1 is 1.41 bits per heavy atom. The van der Waals surface area contributed by atoms with Crippen molar-refractivity contribution in [3.05, 3.63) is 47.3 Å². The molecule has 2 aromatic rings. The predicted octanol–water partition coefficient (Wildman–Crippen LogP) is 3.21. The lowest BCUT2D eigenvalue weighted by Gasteiger charge is -2.24. The minimum atomic E-state index is -0.258. The molecule has 5 heteroatoms. The first-order chi connectivity index (χ1) is 10.6. The molecule has 0 amide bonds. The van der Waals surface area contributed by atoms with Gasteiger partial charge in [0.1, 0.15) is 5.82 Å². The second-order valence-electron chi connectivity index (χ2n) is 5.91. The molecular weight excluding hydrogens is 281 g/mol. The van der Waals surface area contributed by atoms with E-state index in [1.165, 1.54) is 7.11 Å². The van der Waals surface area contributed by atoms with Crippen LogP contribution in [0.25, 0.3) is 0 Å². The average Bonchev–Trinajstić information content (AvgIpc) is 3.07. The highest BCUT2D eigenvalue weighted by molar-refractivity contribution is 5.31. The monoisotopic (exact) mass is 303 g/mol. The maximum absolute atomic E-state index is 14.4. The molecule has 0 aliphatic carbocycles. The van der Waals surface area contributed by atoms with Crippen LogP contribution in [0.3, 0.4) is 0 Å². The fraction of sp³-hybridized carbons (Fsp3) is 0.471. The van der Waals surface area contributed by atoms with E-state index in [4.69, 9.17) is 4.74 Å². The van der Waals surface area contributed by atoms with Gasteiger partial charge in [0.2, 0.25) is 0 Å². The van der Waals surface area contributed by atoms with Gasteiger partial charge in [-0.25, -0.2) is 9.37 Å². The standard InChI is InChI=1S/C17H22FN3O/c1-12-10-20(2)17(19-12)14-7-5-9-21(14)11-13-6-4-8-15(22-3)16(13)18/h4,6,8,10,14H,5,7,9,11H2,1-3H3/t14-/m0/s1. The van der Waals surface area contributed by atoms with Crippen LogP contribution in [0, 0.1) is 12.7 Å². The SMILES string of the molecule is COc1cccc(CN2CCC[C@H]2c2nc(C)cn2C)c1F. The Kier molecular flexibility index (Phi) is 4.16. The second kappa shape index (κ2) is 6.08. The lowest BCUT2D eigenvalue weighted by molar-refractivity contribution is 0.232. The van der Waals surface area contributed by atoms with E-state index in [0.29, 0.717) is 17.9 Å². The molecule has 0 saturated carbocycles. The fourth-order valence-electron chi connectivity index (χ4n) is 3.31. The van der Waals surface area contributed by atoms with Crippen molar-refractivity contribution in [3.63, 3.8) is 0 Å². The fourth-order valence-corrected chi connectivity index (χ4v) is 3.31. The topological polar surface area (TPSA) is 30.3 Å². The zero-order valence-corrected chi connectivity index (χ0v) is 13.3. The summed E-state index contributed by atoms with van der Waals surface area (Å²) in [6, 6.07) is 5.58. The number of methoxy groups -OCH3 is 1. The van der Waals surface area contributed by atoms with Gasteiger partial charge in [-0.1, -0.05) is 12.1 Å². The van der Waals surface area contributed by atoms with Gasteiger partial charge in [0.05, 0.1) is 18.8 Å². The third kappa shape index (κ3) is 2.73. The molecule has 1 atom stereocenters.